The van der Waals surface area contributed by atoms with Gasteiger partial charge in [-0.2, -0.15) is 0 Å². The van der Waals surface area contributed by atoms with Crippen LogP contribution in [0.3, 0.4) is 0 Å². The normalized spacial score (nSPS) is 15.0. The van der Waals surface area contributed by atoms with Crippen molar-refractivity contribution >= 4 is 0 Å². The summed E-state index contributed by atoms with van der Waals surface area (Å²) < 4.78 is 31.6. The summed E-state index contributed by atoms with van der Waals surface area (Å²) in [4.78, 5) is 0. The van der Waals surface area contributed by atoms with E-state index in [1.165, 1.54) is 18.9 Å². The maximum atomic E-state index is 13.3. The molecule has 0 heterocycles. The molecule has 1 fully saturated rings. The molecule has 4 heteroatoms. The van der Waals surface area contributed by atoms with Crippen LogP contribution < -0.4 is 5.32 Å². The van der Waals surface area contributed by atoms with Crippen LogP contribution in [-0.2, 0) is 11.3 Å². The van der Waals surface area contributed by atoms with E-state index >= 15 is 0 Å². The summed E-state index contributed by atoms with van der Waals surface area (Å²) in [6, 6.07) is 3.52. The van der Waals surface area contributed by atoms with Crippen molar-refractivity contribution in [2.75, 3.05) is 19.8 Å². The summed E-state index contributed by atoms with van der Waals surface area (Å²) >= 11 is 0. The average Bonchev–Trinajstić information content (AvgIpc) is 3.16. The Morgan fingerprint density at radius 2 is 2.11 bits per heavy atom. The summed E-state index contributed by atoms with van der Waals surface area (Å²) in [5, 5.41) is 3.09. The van der Waals surface area contributed by atoms with E-state index in [-0.39, 0.29) is 5.82 Å². The maximum Gasteiger partial charge on any atom is 0.127 e. The van der Waals surface area contributed by atoms with Crippen molar-refractivity contribution in [2.24, 2.45) is 5.92 Å². The van der Waals surface area contributed by atoms with Crippen molar-refractivity contribution in [2.45, 2.75) is 25.8 Å². The third kappa shape index (κ3) is 4.70. The molecule has 0 amide bonds. The van der Waals surface area contributed by atoms with Gasteiger partial charge >= 0.3 is 0 Å². The molecule has 1 N–H and O–H groups in total. The van der Waals surface area contributed by atoms with E-state index in [9.17, 15) is 8.78 Å². The second-order valence-electron chi connectivity index (χ2n) is 4.78. The summed E-state index contributed by atoms with van der Waals surface area (Å²) in [5.74, 6) is 0.0224. The van der Waals surface area contributed by atoms with Gasteiger partial charge in [-0.1, -0.05) is 0 Å². The van der Waals surface area contributed by atoms with Crippen molar-refractivity contribution in [1.29, 1.82) is 0 Å². The van der Waals surface area contributed by atoms with Crippen LogP contribution in [0.25, 0.3) is 0 Å². The van der Waals surface area contributed by atoms with Crippen molar-refractivity contribution < 1.29 is 13.5 Å². The fraction of sp³-hybridized carbons (Fsp3) is 0.571. The molecule has 1 aromatic carbocycles. The molecule has 0 atom stereocenters. The predicted octanol–water partition coefficient (Wildman–Crippen LogP) is 2.87. The Labute approximate surface area is 106 Å². The molecule has 0 radical (unpaired) electrons. The molecule has 0 aromatic heterocycles. The fourth-order valence-electron chi connectivity index (χ4n) is 1.74. The van der Waals surface area contributed by atoms with Gasteiger partial charge < -0.3 is 10.1 Å². The van der Waals surface area contributed by atoms with Gasteiger partial charge in [0, 0.05) is 25.3 Å². The molecule has 0 unspecified atom stereocenters. The molecule has 2 rings (SSSR count). The molecular formula is C14H19F2NO. The highest BCUT2D eigenvalue weighted by Gasteiger charge is 2.20. The molecule has 2 nitrogen and oxygen atoms in total. The number of hydrogen-bond acceptors (Lipinski definition) is 2. The van der Waals surface area contributed by atoms with Crippen LogP contribution in [0, 0.1) is 17.6 Å². The minimum Gasteiger partial charge on any atom is -0.381 e. The van der Waals surface area contributed by atoms with Crippen LogP contribution in [0.2, 0.25) is 0 Å². The van der Waals surface area contributed by atoms with E-state index in [4.69, 9.17) is 4.74 Å². The molecule has 0 aliphatic heterocycles. The van der Waals surface area contributed by atoms with Crippen molar-refractivity contribution in [3.8, 4) is 0 Å². The largest absolute Gasteiger partial charge is 0.381 e. The molecule has 0 bridgehead atoms. The SMILES string of the molecule is Fc1ccc(F)c(CNCCCOCC2CC2)c1. The molecule has 1 aromatic rings. The molecule has 1 saturated carbocycles. The Hall–Kier alpha value is -1.00. The Bertz CT molecular complexity index is 380. The number of ether oxygens (including phenoxy) is 1. The van der Waals surface area contributed by atoms with E-state index in [0.717, 1.165) is 44.2 Å². The number of rotatable bonds is 8. The quantitative estimate of drug-likeness (QED) is 0.721. The summed E-state index contributed by atoms with van der Waals surface area (Å²) in [7, 11) is 0. The third-order valence-corrected chi connectivity index (χ3v) is 3.02. The van der Waals surface area contributed by atoms with Crippen molar-refractivity contribution in [3.63, 3.8) is 0 Å². The summed E-state index contributed by atoms with van der Waals surface area (Å²) in [6.45, 7) is 2.71. The van der Waals surface area contributed by atoms with Gasteiger partial charge in [0.1, 0.15) is 11.6 Å². The van der Waals surface area contributed by atoms with Gasteiger partial charge in [0.05, 0.1) is 0 Å². The van der Waals surface area contributed by atoms with Gasteiger partial charge in [-0.3, -0.25) is 0 Å². The smallest absolute Gasteiger partial charge is 0.127 e. The first-order valence-electron chi connectivity index (χ1n) is 6.48. The standard InChI is InChI=1S/C14H19F2NO/c15-13-4-5-14(16)12(8-13)9-17-6-1-7-18-10-11-2-3-11/h4-5,8,11,17H,1-3,6-7,9-10H2. The number of benzene rings is 1. The van der Waals surface area contributed by atoms with Gasteiger partial charge in [-0.15, -0.1) is 0 Å². The Morgan fingerprint density at radius 1 is 1.28 bits per heavy atom. The molecule has 18 heavy (non-hydrogen) atoms. The minimum absolute atomic E-state index is 0.353. The van der Waals surface area contributed by atoms with E-state index in [1.54, 1.807) is 0 Å². The van der Waals surface area contributed by atoms with E-state index in [0.29, 0.717) is 12.1 Å². The Kier molecular flexibility index (Phi) is 5.08. The van der Waals surface area contributed by atoms with Crippen molar-refractivity contribution in [1.82, 2.24) is 5.32 Å². The second kappa shape index (κ2) is 6.81. The van der Waals surface area contributed by atoms with Crippen LogP contribution in [0.1, 0.15) is 24.8 Å². The topological polar surface area (TPSA) is 21.3 Å². The zero-order chi connectivity index (χ0) is 12.8. The second-order valence-corrected chi connectivity index (χ2v) is 4.78. The molecule has 100 valence electrons. The average molecular weight is 255 g/mol. The Balaban J connectivity index is 1.55. The van der Waals surface area contributed by atoms with Crippen LogP contribution in [0.5, 0.6) is 0 Å². The Morgan fingerprint density at radius 3 is 2.89 bits per heavy atom. The fourth-order valence-corrected chi connectivity index (χ4v) is 1.74. The lowest BCUT2D eigenvalue weighted by Gasteiger charge is -2.06. The van der Waals surface area contributed by atoms with E-state index < -0.39 is 5.82 Å². The first-order chi connectivity index (χ1) is 8.75. The lowest BCUT2D eigenvalue weighted by atomic mass is 10.2. The van der Waals surface area contributed by atoms with Gasteiger partial charge in [0.25, 0.3) is 0 Å². The molecule has 1 aliphatic carbocycles. The van der Waals surface area contributed by atoms with Crippen LogP contribution in [-0.4, -0.2) is 19.8 Å². The lowest BCUT2D eigenvalue weighted by Crippen LogP contribution is -2.17. The van der Waals surface area contributed by atoms with E-state index in [1.807, 2.05) is 0 Å². The summed E-state index contributed by atoms with van der Waals surface area (Å²) in [6.07, 6.45) is 3.50. The molecular weight excluding hydrogens is 236 g/mol. The predicted molar refractivity (Wildman–Crippen MR) is 66.2 cm³/mol. The number of hydrogen-bond donors (Lipinski definition) is 1. The third-order valence-electron chi connectivity index (χ3n) is 3.02. The van der Waals surface area contributed by atoms with Crippen LogP contribution in [0.15, 0.2) is 18.2 Å². The highest BCUT2D eigenvalue weighted by atomic mass is 19.1. The van der Waals surface area contributed by atoms with Gasteiger partial charge in [-0.05, 0) is 49.9 Å². The highest BCUT2D eigenvalue weighted by Crippen LogP contribution is 2.28. The van der Waals surface area contributed by atoms with E-state index in [2.05, 4.69) is 5.32 Å². The van der Waals surface area contributed by atoms with Crippen LogP contribution >= 0.6 is 0 Å². The minimum atomic E-state index is -0.402. The maximum absolute atomic E-state index is 13.3. The molecule has 1 aliphatic rings. The molecule has 0 saturated heterocycles. The first-order valence-corrected chi connectivity index (χ1v) is 6.48. The first kappa shape index (κ1) is 13.4. The monoisotopic (exact) mass is 255 g/mol. The van der Waals surface area contributed by atoms with Crippen molar-refractivity contribution in [3.05, 3.63) is 35.4 Å². The van der Waals surface area contributed by atoms with Gasteiger partial charge in [0.15, 0.2) is 0 Å². The number of halogens is 2. The summed E-state index contributed by atoms with van der Waals surface area (Å²) in [5.41, 5.74) is 0.369. The van der Waals surface area contributed by atoms with Gasteiger partial charge in [-0.25, -0.2) is 8.78 Å². The van der Waals surface area contributed by atoms with Crippen LogP contribution in [0.4, 0.5) is 8.78 Å². The highest BCUT2D eigenvalue weighted by molar-refractivity contribution is 5.18. The zero-order valence-electron chi connectivity index (χ0n) is 10.4. The zero-order valence-corrected chi connectivity index (χ0v) is 10.4. The number of nitrogens with one attached hydrogen (secondary N) is 1. The molecule has 0 spiro atoms. The van der Waals surface area contributed by atoms with Gasteiger partial charge in [0.2, 0.25) is 0 Å². The lowest BCUT2D eigenvalue weighted by molar-refractivity contribution is 0.122.